The smallest absolute Gasteiger partial charge is 0.183 e. The lowest BCUT2D eigenvalue weighted by Crippen LogP contribution is -2.10. The van der Waals surface area contributed by atoms with Crippen molar-refractivity contribution in [3.63, 3.8) is 0 Å². The second-order valence-electron chi connectivity index (χ2n) is 3.72. The van der Waals surface area contributed by atoms with Crippen LogP contribution in [0.2, 0.25) is 0 Å². The van der Waals surface area contributed by atoms with E-state index >= 15 is 0 Å². The van der Waals surface area contributed by atoms with Crippen LogP contribution in [-0.2, 0) is 9.84 Å². The molecule has 0 heterocycles. The summed E-state index contributed by atoms with van der Waals surface area (Å²) in [4.78, 5) is -0.502. The first-order valence-electron chi connectivity index (χ1n) is 4.70. The number of benzene rings is 1. The number of rotatable bonds is 3. The van der Waals surface area contributed by atoms with Crippen molar-refractivity contribution in [2.75, 3.05) is 12.8 Å². The first-order chi connectivity index (χ1) is 7.29. The highest BCUT2D eigenvalue weighted by Crippen LogP contribution is 2.31. The number of aromatic hydroxyl groups is 1. The lowest BCUT2D eigenvalue weighted by Gasteiger charge is -2.13. The number of hydrogen-bond acceptors (Lipinski definition) is 4. The quantitative estimate of drug-likeness (QED) is 0.835. The lowest BCUT2D eigenvalue weighted by atomic mass is 10.0. The van der Waals surface area contributed by atoms with Gasteiger partial charge in [-0.15, -0.1) is 0 Å². The zero-order valence-electron chi connectivity index (χ0n) is 9.07. The Hall–Kier alpha value is -1.14. The van der Waals surface area contributed by atoms with Crippen molar-refractivity contribution in [1.29, 1.82) is 0 Å². The van der Waals surface area contributed by atoms with E-state index in [2.05, 4.69) is 0 Å². The molecule has 6 heteroatoms. The molecule has 0 bridgehead atoms. The van der Waals surface area contributed by atoms with E-state index in [1.54, 1.807) is 6.92 Å². The third-order valence-corrected chi connectivity index (χ3v) is 3.51. The van der Waals surface area contributed by atoms with Crippen LogP contribution in [0.3, 0.4) is 0 Å². The number of phenolic OH excluding ortho intramolecular Hbond substituents is 1. The van der Waals surface area contributed by atoms with Gasteiger partial charge in [-0.25, -0.2) is 12.8 Å². The zero-order valence-corrected chi connectivity index (χ0v) is 9.88. The Morgan fingerprint density at radius 2 is 2.06 bits per heavy atom. The summed E-state index contributed by atoms with van der Waals surface area (Å²) in [6, 6.07) is 2.53. The van der Waals surface area contributed by atoms with E-state index in [9.17, 15) is 17.9 Å². The average molecular weight is 247 g/mol. The molecule has 0 aliphatic rings. The summed E-state index contributed by atoms with van der Waals surface area (Å²) in [7, 11) is -3.67. The number of hydrogen-bond donors (Lipinski definition) is 2. The summed E-state index contributed by atoms with van der Waals surface area (Å²) in [5, 5.41) is 9.55. The van der Waals surface area contributed by atoms with Crippen molar-refractivity contribution < 1.29 is 17.9 Å². The van der Waals surface area contributed by atoms with Gasteiger partial charge in [0.15, 0.2) is 21.4 Å². The largest absolute Gasteiger partial charge is 0.505 e. The molecule has 0 aliphatic heterocycles. The number of nitrogens with two attached hydrogens (primary N) is 1. The Labute approximate surface area is 93.8 Å². The van der Waals surface area contributed by atoms with Gasteiger partial charge in [-0.2, -0.15) is 0 Å². The Morgan fingerprint density at radius 3 is 2.50 bits per heavy atom. The minimum absolute atomic E-state index is 0.233. The SMILES string of the molecule is CC(CN)c1ccc(S(C)(=O)=O)c(F)c1O. The van der Waals surface area contributed by atoms with Crippen molar-refractivity contribution in [3.8, 4) is 5.75 Å². The minimum Gasteiger partial charge on any atom is -0.505 e. The fraction of sp³-hybridized carbons (Fsp3) is 0.400. The molecule has 1 aromatic carbocycles. The van der Waals surface area contributed by atoms with E-state index in [0.717, 1.165) is 12.3 Å². The number of phenols is 1. The molecule has 0 radical (unpaired) electrons. The first kappa shape index (κ1) is 12.9. The van der Waals surface area contributed by atoms with Crippen LogP contribution in [0.25, 0.3) is 0 Å². The van der Waals surface area contributed by atoms with Crippen LogP contribution in [0.5, 0.6) is 5.75 Å². The molecule has 0 fully saturated rings. The van der Waals surface area contributed by atoms with E-state index < -0.39 is 26.3 Å². The van der Waals surface area contributed by atoms with Crippen LogP contribution in [0, 0.1) is 5.82 Å². The Bertz CT molecular complexity index is 499. The summed E-state index contributed by atoms with van der Waals surface area (Å²) >= 11 is 0. The molecular weight excluding hydrogens is 233 g/mol. The van der Waals surface area contributed by atoms with Crippen LogP contribution >= 0.6 is 0 Å². The van der Waals surface area contributed by atoms with Gasteiger partial charge in [-0.3, -0.25) is 0 Å². The van der Waals surface area contributed by atoms with Gasteiger partial charge in [0, 0.05) is 11.8 Å². The summed E-state index contributed by atoms with van der Waals surface area (Å²) < 4.78 is 35.9. The Morgan fingerprint density at radius 1 is 1.50 bits per heavy atom. The van der Waals surface area contributed by atoms with Crippen molar-refractivity contribution in [3.05, 3.63) is 23.5 Å². The van der Waals surface area contributed by atoms with Gasteiger partial charge in [0.05, 0.1) is 0 Å². The van der Waals surface area contributed by atoms with Crippen LogP contribution in [0.1, 0.15) is 18.4 Å². The Kier molecular flexibility index (Phi) is 3.54. The highest BCUT2D eigenvalue weighted by molar-refractivity contribution is 7.90. The highest BCUT2D eigenvalue weighted by Gasteiger charge is 2.21. The molecule has 1 unspecified atom stereocenters. The maximum atomic E-state index is 13.6. The second-order valence-corrected chi connectivity index (χ2v) is 5.71. The van der Waals surface area contributed by atoms with Gasteiger partial charge in [0.2, 0.25) is 0 Å². The van der Waals surface area contributed by atoms with Crippen molar-refractivity contribution in [2.24, 2.45) is 5.73 Å². The monoisotopic (exact) mass is 247 g/mol. The van der Waals surface area contributed by atoms with Crippen molar-refractivity contribution >= 4 is 9.84 Å². The predicted molar refractivity (Wildman–Crippen MR) is 58.6 cm³/mol. The number of sulfone groups is 1. The molecule has 1 atom stereocenters. The summed E-state index contributed by atoms with van der Waals surface area (Å²) in [6.07, 6.45) is 0.886. The molecule has 0 amide bonds. The fourth-order valence-corrected chi connectivity index (χ4v) is 2.11. The van der Waals surface area contributed by atoms with E-state index in [1.165, 1.54) is 6.07 Å². The van der Waals surface area contributed by atoms with E-state index in [4.69, 9.17) is 5.73 Å². The van der Waals surface area contributed by atoms with E-state index in [-0.39, 0.29) is 12.5 Å². The Balaban J connectivity index is 3.41. The summed E-state index contributed by atoms with van der Waals surface area (Å²) in [6.45, 7) is 1.96. The van der Waals surface area contributed by atoms with Gasteiger partial charge < -0.3 is 10.8 Å². The fourth-order valence-electron chi connectivity index (χ4n) is 1.37. The molecular formula is C10H14FNO3S. The summed E-state index contributed by atoms with van der Waals surface area (Å²) in [5.74, 6) is -1.98. The molecule has 4 nitrogen and oxygen atoms in total. The third kappa shape index (κ3) is 2.33. The molecule has 3 N–H and O–H groups in total. The van der Waals surface area contributed by atoms with Crippen LogP contribution in [0.15, 0.2) is 17.0 Å². The van der Waals surface area contributed by atoms with Crippen LogP contribution in [0.4, 0.5) is 4.39 Å². The van der Waals surface area contributed by atoms with E-state index in [1.807, 2.05) is 0 Å². The maximum Gasteiger partial charge on any atom is 0.183 e. The van der Waals surface area contributed by atoms with Gasteiger partial charge in [-0.05, 0) is 18.5 Å². The summed E-state index contributed by atoms with van der Waals surface area (Å²) in [5.41, 5.74) is 5.71. The van der Waals surface area contributed by atoms with Crippen molar-refractivity contribution in [1.82, 2.24) is 0 Å². The van der Waals surface area contributed by atoms with Gasteiger partial charge in [-0.1, -0.05) is 13.0 Å². The van der Waals surface area contributed by atoms with Gasteiger partial charge in [0.25, 0.3) is 0 Å². The molecule has 0 saturated carbocycles. The highest BCUT2D eigenvalue weighted by atomic mass is 32.2. The van der Waals surface area contributed by atoms with Crippen LogP contribution < -0.4 is 5.73 Å². The van der Waals surface area contributed by atoms with Gasteiger partial charge >= 0.3 is 0 Å². The van der Waals surface area contributed by atoms with Crippen LogP contribution in [-0.4, -0.2) is 26.3 Å². The first-order valence-corrected chi connectivity index (χ1v) is 6.59. The molecule has 0 saturated heterocycles. The number of halogens is 1. The predicted octanol–water partition coefficient (Wildman–Crippen LogP) is 0.997. The molecule has 0 aliphatic carbocycles. The minimum atomic E-state index is -3.67. The third-order valence-electron chi connectivity index (χ3n) is 2.40. The zero-order chi connectivity index (χ0) is 12.5. The molecule has 90 valence electrons. The standard InChI is InChI=1S/C10H14FNO3S/c1-6(5-12)7-3-4-8(16(2,14)15)9(11)10(7)13/h3-4,6,13H,5,12H2,1-2H3. The molecule has 1 aromatic rings. The maximum absolute atomic E-state index is 13.6. The normalized spacial score (nSPS) is 13.8. The lowest BCUT2D eigenvalue weighted by molar-refractivity contribution is 0.413. The molecule has 1 rings (SSSR count). The second kappa shape index (κ2) is 4.39. The van der Waals surface area contributed by atoms with Gasteiger partial charge in [0.1, 0.15) is 4.90 Å². The molecule has 0 spiro atoms. The van der Waals surface area contributed by atoms with Crippen molar-refractivity contribution in [2.45, 2.75) is 17.7 Å². The molecule has 16 heavy (non-hydrogen) atoms. The molecule has 0 aromatic heterocycles. The van der Waals surface area contributed by atoms with E-state index in [0.29, 0.717) is 5.56 Å². The average Bonchev–Trinajstić information content (AvgIpc) is 2.19. The topological polar surface area (TPSA) is 80.4 Å².